The Bertz CT molecular complexity index is 1060. The molecule has 0 saturated carbocycles. The molecular weight excluding hydrogens is 350 g/mol. The number of anilines is 2. The zero-order valence-electron chi connectivity index (χ0n) is 15.7. The third-order valence-corrected chi connectivity index (χ3v) is 4.55. The molecule has 0 amide bonds. The highest BCUT2D eigenvalue weighted by atomic mass is 15.2. The highest BCUT2D eigenvalue weighted by Gasteiger charge is 2.10. The van der Waals surface area contributed by atoms with Gasteiger partial charge < -0.3 is 16.4 Å². The van der Waals surface area contributed by atoms with Crippen molar-refractivity contribution in [2.75, 3.05) is 23.7 Å². The van der Waals surface area contributed by atoms with E-state index in [0.29, 0.717) is 12.5 Å². The van der Waals surface area contributed by atoms with Crippen LogP contribution in [0.15, 0.2) is 67.1 Å². The Morgan fingerprint density at radius 1 is 1.07 bits per heavy atom. The number of imidazole rings is 1. The molecule has 1 atom stereocenters. The maximum absolute atomic E-state index is 5.55. The van der Waals surface area contributed by atoms with Gasteiger partial charge in [-0.05, 0) is 36.8 Å². The molecule has 0 unspecified atom stereocenters. The van der Waals surface area contributed by atoms with Gasteiger partial charge in [0.05, 0.1) is 17.1 Å². The van der Waals surface area contributed by atoms with E-state index in [2.05, 4.69) is 44.6 Å². The van der Waals surface area contributed by atoms with E-state index in [1.165, 1.54) is 5.56 Å². The van der Waals surface area contributed by atoms with Crippen molar-refractivity contribution in [1.82, 2.24) is 19.5 Å². The molecule has 0 aliphatic carbocycles. The van der Waals surface area contributed by atoms with Gasteiger partial charge in [0.15, 0.2) is 0 Å². The molecule has 4 aromatic rings. The molecule has 0 spiro atoms. The van der Waals surface area contributed by atoms with Crippen LogP contribution in [0, 0.1) is 0 Å². The van der Waals surface area contributed by atoms with Gasteiger partial charge in [-0.15, -0.1) is 0 Å². The second-order valence-corrected chi connectivity index (χ2v) is 6.55. The van der Waals surface area contributed by atoms with Crippen LogP contribution in [0.2, 0.25) is 0 Å². The third-order valence-electron chi connectivity index (χ3n) is 4.55. The normalized spacial score (nSPS) is 12.1. The number of aromatic nitrogens is 4. The van der Waals surface area contributed by atoms with Crippen LogP contribution >= 0.6 is 0 Å². The van der Waals surface area contributed by atoms with E-state index >= 15 is 0 Å². The topological polar surface area (TPSA) is 93.7 Å². The van der Waals surface area contributed by atoms with Crippen LogP contribution in [0.25, 0.3) is 16.9 Å². The molecule has 142 valence electrons. The average Bonchev–Trinajstić information content (AvgIpc) is 3.16. The summed E-state index contributed by atoms with van der Waals surface area (Å²) in [6.07, 6.45) is 3.54. The van der Waals surface area contributed by atoms with Crippen LogP contribution < -0.4 is 16.4 Å². The van der Waals surface area contributed by atoms with E-state index in [1.807, 2.05) is 47.0 Å². The summed E-state index contributed by atoms with van der Waals surface area (Å²) in [4.78, 5) is 13.5. The van der Waals surface area contributed by atoms with Crippen molar-refractivity contribution in [2.24, 2.45) is 5.73 Å². The molecule has 0 bridgehead atoms. The number of hydrogen-bond acceptors (Lipinski definition) is 6. The van der Waals surface area contributed by atoms with Crippen LogP contribution in [-0.4, -0.2) is 32.6 Å². The van der Waals surface area contributed by atoms with Gasteiger partial charge in [0.2, 0.25) is 5.95 Å². The molecule has 0 saturated heterocycles. The number of nitrogens with zero attached hydrogens (tertiary/aromatic N) is 4. The van der Waals surface area contributed by atoms with Crippen LogP contribution in [0.5, 0.6) is 0 Å². The second kappa shape index (κ2) is 8.06. The molecule has 0 aliphatic heterocycles. The first-order chi connectivity index (χ1) is 13.7. The fourth-order valence-electron chi connectivity index (χ4n) is 3.09. The number of hydrogen-bond donors (Lipinski definition) is 3. The van der Waals surface area contributed by atoms with Crippen LogP contribution in [0.4, 0.5) is 11.6 Å². The van der Waals surface area contributed by atoms with Gasteiger partial charge in [-0.3, -0.25) is 4.57 Å². The summed E-state index contributed by atoms with van der Waals surface area (Å²) in [5.41, 5.74) is 9.62. The minimum Gasteiger partial charge on any atom is -0.384 e. The monoisotopic (exact) mass is 373 g/mol. The van der Waals surface area contributed by atoms with Crippen LogP contribution in [0.3, 0.4) is 0 Å². The fraction of sp³-hybridized carbons (Fsp3) is 0.190. The summed E-state index contributed by atoms with van der Waals surface area (Å²) in [6, 6.07) is 18.3. The molecule has 7 heteroatoms. The molecule has 2 aromatic carbocycles. The van der Waals surface area contributed by atoms with Gasteiger partial charge in [0.25, 0.3) is 0 Å². The lowest BCUT2D eigenvalue weighted by atomic mass is 10.1. The van der Waals surface area contributed by atoms with E-state index in [9.17, 15) is 0 Å². The van der Waals surface area contributed by atoms with E-state index in [4.69, 9.17) is 5.73 Å². The van der Waals surface area contributed by atoms with Crippen molar-refractivity contribution < 1.29 is 0 Å². The Hall–Kier alpha value is -3.45. The van der Waals surface area contributed by atoms with Gasteiger partial charge >= 0.3 is 0 Å². The second-order valence-electron chi connectivity index (χ2n) is 6.55. The maximum Gasteiger partial charge on any atom is 0.225 e. The van der Waals surface area contributed by atoms with Crippen molar-refractivity contribution in [3.05, 3.63) is 72.7 Å². The Morgan fingerprint density at radius 3 is 2.75 bits per heavy atom. The number of fused-ring (bicyclic) bond motifs is 1. The molecule has 4 N–H and O–H groups in total. The zero-order valence-corrected chi connectivity index (χ0v) is 15.7. The molecule has 2 heterocycles. The smallest absolute Gasteiger partial charge is 0.225 e. The minimum absolute atomic E-state index is 0.104. The quantitative estimate of drug-likeness (QED) is 0.460. The summed E-state index contributed by atoms with van der Waals surface area (Å²) < 4.78 is 1.96. The summed E-state index contributed by atoms with van der Waals surface area (Å²) in [5, 5.41) is 6.63. The third kappa shape index (κ3) is 3.79. The molecule has 7 nitrogen and oxygen atoms in total. The van der Waals surface area contributed by atoms with E-state index < -0.39 is 0 Å². The van der Waals surface area contributed by atoms with Crippen molar-refractivity contribution in [3.8, 4) is 5.82 Å². The first kappa shape index (κ1) is 17.9. The van der Waals surface area contributed by atoms with Gasteiger partial charge in [-0.1, -0.05) is 30.3 Å². The average molecular weight is 373 g/mol. The molecule has 0 aliphatic rings. The van der Waals surface area contributed by atoms with Crippen LogP contribution in [0.1, 0.15) is 18.5 Å². The highest BCUT2D eigenvalue weighted by Crippen LogP contribution is 2.22. The SMILES string of the molecule is C[C@H](Nc1nccc(-n2cnc3cc(NCCN)ccc32)n1)c1ccccc1. The standard InChI is InChI=1S/C21H23N7/c1-15(16-5-3-2-4-6-16)26-21-24-11-9-20(27-21)28-14-25-18-13-17(23-12-10-22)7-8-19(18)28/h2-9,11,13-15,23H,10,12,22H2,1H3,(H,24,26,27)/t15-/m0/s1. The Morgan fingerprint density at radius 2 is 1.93 bits per heavy atom. The predicted molar refractivity (Wildman–Crippen MR) is 113 cm³/mol. The molecular formula is C21H23N7. The van der Waals surface area contributed by atoms with E-state index in [-0.39, 0.29) is 6.04 Å². The lowest BCUT2D eigenvalue weighted by Gasteiger charge is -2.14. The lowest BCUT2D eigenvalue weighted by molar-refractivity contribution is 0.854. The molecule has 2 aromatic heterocycles. The molecule has 0 fully saturated rings. The number of rotatable bonds is 7. The van der Waals surface area contributed by atoms with Crippen molar-refractivity contribution in [2.45, 2.75) is 13.0 Å². The Balaban J connectivity index is 1.59. The molecule has 28 heavy (non-hydrogen) atoms. The largest absolute Gasteiger partial charge is 0.384 e. The minimum atomic E-state index is 0.104. The number of nitrogens with one attached hydrogen (secondary N) is 2. The zero-order chi connectivity index (χ0) is 19.3. The summed E-state index contributed by atoms with van der Waals surface area (Å²) in [5.74, 6) is 1.35. The predicted octanol–water partition coefficient (Wildman–Crippen LogP) is 3.36. The highest BCUT2D eigenvalue weighted by molar-refractivity contribution is 5.81. The van der Waals surface area contributed by atoms with Crippen molar-refractivity contribution >= 4 is 22.7 Å². The first-order valence-electron chi connectivity index (χ1n) is 9.30. The van der Waals surface area contributed by atoms with Crippen molar-refractivity contribution in [1.29, 1.82) is 0 Å². The van der Waals surface area contributed by atoms with Crippen LogP contribution in [-0.2, 0) is 0 Å². The number of nitrogens with two attached hydrogens (primary N) is 1. The van der Waals surface area contributed by atoms with Gasteiger partial charge in [-0.2, -0.15) is 4.98 Å². The Labute approximate surface area is 163 Å². The van der Waals surface area contributed by atoms with E-state index in [1.54, 1.807) is 12.5 Å². The summed E-state index contributed by atoms with van der Waals surface area (Å²) in [6.45, 7) is 3.41. The molecule has 4 rings (SSSR count). The summed E-state index contributed by atoms with van der Waals surface area (Å²) >= 11 is 0. The molecule has 0 radical (unpaired) electrons. The van der Waals surface area contributed by atoms with Crippen molar-refractivity contribution in [3.63, 3.8) is 0 Å². The Kier molecular flexibility index (Phi) is 5.16. The van der Waals surface area contributed by atoms with Gasteiger partial charge in [0, 0.05) is 25.0 Å². The number of benzene rings is 2. The van der Waals surface area contributed by atoms with Gasteiger partial charge in [0.1, 0.15) is 12.1 Å². The fourth-order valence-corrected chi connectivity index (χ4v) is 3.09. The first-order valence-corrected chi connectivity index (χ1v) is 9.30. The maximum atomic E-state index is 5.55. The lowest BCUT2D eigenvalue weighted by Crippen LogP contribution is -2.12. The van der Waals surface area contributed by atoms with Gasteiger partial charge in [-0.25, -0.2) is 9.97 Å². The summed E-state index contributed by atoms with van der Waals surface area (Å²) in [7, 11) is 0. The van der Waals surface area contributed by atoms with E-state index in [0.717, 1.165) is 29.1 Å².